The lowest BCUT2D eigenvalue weighted by atomic mass is 10.1. The number of hydrogen-bond acceptors (Lipinski definition) is 5. The van der Waals surface area contributed by atoms with Crippen molar-refractivity contribution >= 4 is 5.97 Å². The van der Waals surface area contributed by atoms with Gasteiger partial charge in [-0.15, -0.1) is 0 Å². The van der Waals surface area contributed by atoms with Gasteiger partial charge in [0.2, 0.25) is 0 Å². The predicted octanol–water partition coefficient (Wildman–Crippen LogP) is 1.03. The lowest BCUT2D eigenvalue weighted by molar-refractivity contribution is -0.143. The lowest BCUT2D eigenvalue weighted by Crippen LogP contribution is -2.50. The molecule has 0 aromatic carbocycles. The van der Waals surface area contributed by atoms with E-state index < -0.39 is 0 Å². The standard InChI is InChI=1S/C14H28N2O3/c1-5-7-15-12(13(17)18-4)6-8-16-9-10-19-14(2,3)11-16/h12,15H,5-11H2,1-4H3. The first kappa shape index (κ1) is 16.4. The van der Waals surface area contributed by atoms with Gasteiger partial charge in [-0.2, -0.15) is 0 Å². The Labute approximate surface area is 116 Å². The molecule has 1 aliphatic heterocycles. The Morgan fingerprint density at radius 1 is 1.53 bits per heavy atom. The number of hydrogen-bond donors (Lipinski definition) is 1. The highest BCUT2D eigenvalue weighted by Gasteiger charge is 2.28. The number of carbonyl (C=O) groups is 1. The molecule has 0 aliphatic carbocycles. The van der Waals surface area contributed by atoms with Gasteiger partial charge >= 0.3 is 5.97 Å². The summed E-state index contributed by atoms with van der Waals surface area (Å²) >= 11 is 0. The lowest BCUT2D eigenvalue weighted by Gasteiger charge is -2.38. The van der Waals surface area contributed by atoms with E-state index in [4.69, 9.17) is 9.47 Å². The van der Waals surface area contributed by atoms with E-state index in [1.165, 1.54) is 7.11 Å². The summed E-state index contributed by atoms with van der Waals surface area (Å²) in [4.78, 5) is 14.0. The van der Waals surface area contributed by atoms with E-state index in [1.807, 2.05) is 0 Å². The zero-order valence-corrected chi connectivity index (χ0v) is 12.7. The Kier molecular flexibility index (Phi) is 6.75. The van der Waals surface area contributed by atoms with Crippen molar-refractivity contribution in [3.05, 3.63) is 0 Å². The van der Waals surface area contributed by atoms with Gasteiger partial charge in [0.25, 0.3) is 0 Å². The first-order valence-electron chi connectivity index (χ1n) is 7.16. The van der Waals surface area contributed by atoms with E-state index in [0.29, 0.717) is 0 Å². The minimum absolute atomic E-state index is 0.0874. The number of esters is 1. The van der Waals surface area contributed by atoms with Crippen LogP contribution in [0.5, 0.6) is 0 Å². The van der Waals surface area contributed by atoms with Crippen LogP contribution in [0.25, 0.3) is 0 Å². The van der Waals surface area contributed by atoms with Crippen LogP contribution < -0.4 is 5.32 Å². The fraction of sp³-hybridized carbons (Fsp3) is 0.929. The molecule has 5 nitrogen and oxygen atoms in total. The first-order valence-corrected chi connectivity index (χ1v) is 7.16. The summed E-state index contributed by atoms with van der Waals surface area (Å²) < 4.78 is 10.5. The summed E-state index contributed by atoms with van der Waals surface area (Å²) in [5.41, 5.74) is -0.0874. The molecule has 1 rings (SSSR count). The van der Waals surface area contributed by atoms with E-state index >= 15 is 0 Å². The summed E-state index contributed by atoms with van der Waals surface area (Å²) in [6, 6.07) is -0.198. The third-order valence-electron chi connectivity index (χ3n) is 3.37. The minimum Gasteiger partial charge on any atom is -0.468 e. The molecule has 0 bridgehead atoms. The molecule has 5 heteroatoms. The average molecular weight is 272 g/mol. The topological polar surface area (TPSA) is 50.8 Å². The highest BCUT2D eigenvalue weighted by molar-refractivity contribution is 5.75. The van der Waals surface area contributed by atoms with Crippen LogP contribution in [0, 0.1) is 0 Å². The van der Waals surface area contributed by atoms with Crippen LogP contribution in [-0.4, -0.2) is 62.4 Å². The monoisotopic (exact) mass is 272 g/mol. The van der Waals surface area contributed by atoms with Gasteiger partial charge in [0.15, 0.2) is 0 Å². The second-order valence-electron chi connectivity index (χ2n) is 5.70. The molecule has 0 amide bonds. The van der Waals surface area contributed by atoms with Crippen molar-refractivity contribution in [1.29, 1.82) is 0 Å². The third-order valence-corrected chi connectivity index (χ3v) is 3.37. The number of nitrogens with zero attached hydrogens (tertiary/aromatic N) is 1. The second-order valence-corrected chi connectivity index (χ2v) is 5.70. The van der Waals surface area contributed by atoms with Gasteiger partial charge < -0.3 is 14.8 Å². The molecule has 1 atom stereocenters. The molecule has 1 saturated heterocycles. The van der Waals surface area contributed by atoms with Crippen molar-refractivity contribution in [2.24, 2.45) is 0 Å². The fourth-order valence-corrected chi connectivity index (χ4v) is 2.38. The summed E-state index contributed by atoms with van der Waals surface area (Å²) in [7, 11) is 1.45. The first-order chi connectivity index (χ1) is 8.98. The maximum Gasteiger partial charge on any atom is 0.322 e. The van der Waals surface area contributed by atoms with Gasteiger partial charge in [-0.05, 0) is 33.2 Å². The van der Waals surface area contributed by atoms with Crippen molar-refractivity contribution in [2.75, 3.05) is 39.9 Å². The quantitative estimate of drug-likeness (QED) is 0.702. The van der Waals surface area contributed by atoms with E-state index in [-0.39, 0.29) is 17.6 Å². The second kappa shape index (κ2) is 7.82. The van der Waals surface area contributed by atoms with Crippen LogP contribution in [0.3, 0.4) is 0 Å². The highest BCUT2D eigenvalue weighted by atomic mass is 16.5. The maximum atomic E-state index is 11.7. The number of nitrogens with one attached hydrogen (secondary N) is 1. The largest absolute Gasteiger partial charge is 0.468 e. The van der Waals surface area contributed by atoms with E-state index in [9.17, 15) is 4.79 Å². The summed E-state index contributed by atoms with van der Waals surface area (Å²) in [6.07, 6.45) is 1.79. The molecule has 1 fully saturated rings. The zero-order chi connectivity index (χ0) is 14.3. The Morgan fingerprint density at radius 2 is 2.26 bits per heavy atom. The molecule has 112 valence electrons. The Bertz CT molecular complexity index is 282. The number of methoxy groups -OCH3 is 1. The molecule has 0 aromatic rings. The van der Waals surface area contributed by atoms with Gasteiger partial charge in [0, 0.05) is 19.6 Å². The number of rotatable bonds is 7. The van der Waals surface area contributed by atoms with Crippen LogP contribution in [0.4, 0.5) is 0 Å². The van der Waals surface area contributed by atoms with Crippen molar-refractivity contribution < 1.29 is 14.3 Å². The van der Waals surface area contributed by atoms with Crippen molar-refractivity contribution in [3.63, 3.8) is 0 Å². The maximum absolute atomic E-state index is 11.7. The van der Waals surface area contributed by atoms with Crippen molar-refractivity contribution in [3.8, 4) is 0 Å². The fourth-order valence-electron chi connectivity index (χ4n) is 2.38. The molecule has 1 aliphatic rings. The molecule has 1 N–H and O–H groups in total. The Morgan fingerprint density at radius 3 is 2.84 bits per heavy atom. The van der Waals surface area contributed by atoms with Crippen LogP contribution in [0.2, 0.25) is 0 Å². The molecule has 0 saturated carbocycles. The van der Waals surface area contributed by atoms with Gasteiger partial charge in [-0.3, -0.25) is 9.69 Å². The molecule has 1 unspecified atom stereocenters. The van der Waals surface area contributed by atoms with Gasteiger partial charge in [-0.1, -0.05) is 6.92 Å². The molecule has 1 heterocycles. The van der Waals surface area contributed by atoms with Crippen molar-refractivity contribution in [1.82, 2.24) is 10.2 Å². The summed E-state index contributed by atoms with van der Waals surface area (Å²) in [5, 5.41) is 3.25. The normalized spacial score (nSPS) is 21.1. The smallest absolute Gasteiger partial charge is 0.322 e. The SMILES string of the molecule is CCCNC(CCN1CCOC(C)(C)C1)C(=O)OC. The molecule has 0 aromatic heterocycles. The van der Waals surface area contributed by atoms with Crippen LogP contribution in [0.1, 0.15) is 33.6 Å². The number of carbonyl (C=O) groups excluding carboxylic acids is 1. The molecule has 0 radical (unpaired) electrons. The molecular weight excluding hydrogens is 244 g/mol. The third kappa shape index (κ3) is 5.89. The van der Waals surface area contributed by atoms with Gasteiger partial charge in [-0.25, -0.2) is 0 Å². The average Bonchev–Trinajstić information content (AvgIpc) is 2.37. The molecular formula is C14H28N2O3. The molecule has 19 heavy (non-hydrogen) atoms. The number of ether oxygens (including phenoxy) is 2. The summed E-state index contributed by atoms with van der Waals surface area (Å²) in [5.74, 6) is -0.166. The Balaban J connectivity index is 2.40. The summed E-state index contributed by atoms with van der Waals surface area (Å²) in [6.45, 7) is 10.6. The van der Waals surface area contributed by atoms with E-state index in [0.717, 1.165) is 45.6 Å². The van der Waals surface area contributed by atoms with E-state index in [1.54, 1.807) is 0 Å². The van der Waals surface area contributed by atoms with Crippen LogP contribution in [0.15, 0.2) is 0 Å². The highest BCUT2D eigenvalue weighted by Crippen LogP contribution is 2.16. The van der Waals surface area contributed by atoms with Crippen LogP contribution >= 0.6 is 0 Å². The van der Waals surface area contributed by atoms with Crippen LogP contribution in [-0.2, 0) is 14.3 Å². The van der Waals surface area contributed by atoms with Crippen molar-refractivity contribution in [2.45, 2.75) is 45.3 Å². The predicted molar refractivity (Wildman–Crippen MR) is 75.2 cm³/mol. The molecule has 0 spiro atoms. The van der Waals surface area contributed by atoms with Gasteiger partial charge in [0.05, 0.1) is 19.3 Å². The van der Waals surface area contributed by atoms with E-state index in [2.05, 4.69) is 31.0 Å². The number of morpholine rings is 1. The Hall–Kier alpha value is -0.650. The zero-order valence-electron chi connectivity index (χ0n) is 12.7. The minimum atomic E-state index is -0.198. The van der Waals surface area contributed by atoms with Gasteiger partial charge in [0.1, 0.15) is 6.04 Å².